The molecule has 1 aromatic heterocycles. The van der Waals surface area contributed by atoms with E-state index in [2.05, 4.69) is 20.7 Å². The van der Waals surface area contributed by atoms with Crippen molar-refractivity contribution in [3.05, 3.63) is 39.1 Å². The molecule has 0 radical (unpaired) electrons. The molecule has 1 aromatic carbocycles. The van der Waals surface area contributed by atoms with Gasteiger partial charge < -0.3 is 10.7 Å². The Morgan fingerprint density at radius 2 is 1.65 bits per heavy atom. The number of aromatic nitrogens is 2. The Kier molecular flexibility index (Phi) is 4.32. The summed E-state index contributed by atoms with van der Waals surface area (Å²) in [5.74, 6) is 7.23. The molecule has 106 valence electrons. The predicted octanol–water partition coefficient (Wildman–Crippen LogP) is 3.74. The van der Waals surface area contributed by atoms with Gasteiger partial charge in [0.15, 0.2) is 0 Å². The Balaban J connectivity index is 2.45. The lowest BCUT2D eigenvalue weighted by Gasteiger charge is -2.14. The number of nitrogens with one attached hydrogen (secondary N) is 2. The predicted molar refractivity (Wildman–Crippen MR) is 83.8 cm³/mol. The van der Waals surface area contributed by atoms with E-state index in [1.165, 1.54) is 0 Å². The number of hydrogen-bond donors (Lipinski definition) is 3. The molecule has 0 atom stereocenters. The first-order valence-electron chi connectivity index (χ1n) is 5.97. The Labute approximate surface area is 127 Å². The van der Waals surface area contributed by atoms with Gasteiger partial charge in [-0.1, -0.05) is 23.2 Å². The van der Waals surface area contributed by atoms with Gasteiger partial charge in [0.2, 0.25) is 0 Å². The first kappa shape index (κ1) is 14.8. The van der Waals surface area contributed by atoms with Crippen molar-refractivity contribution in [3.63, 3.8) is 0 Å². The number of rotatable bonds is 3. The van der Waals surface area contributed by atoms with Crippen molar-refractivity contribution in [2.75, 3.05) is 10.7 Å². The van der Waals surface area contributed by atoms with E-state index in [9.17, 15) is 0 Å². The zero-order chi connectivity index (χ0) is 14.9. The molecule has 0 fully saturated rings. The molecular weight excluding hydrogens is 297 g/mol. The van der Waals surface area contributed by atoms with Crippen molar-refractivity contribution in [3.8, 4) is 0 Å². The van der Waals surface area contributed by atoms with Crippen LogP contribution in [0.1, 0.15) is 17.0 Å². The number of nitrogens with two attached hydrogens (primary N) is 1. The summed E-state index contributed by atoms with van der Waals surface area (Å²) in [5, 5.41) is 4.37. The fourth-order valence-corrected chi connectivity index (χ4v) is 2.19. The highest BCUT2D eigenvalue weighted by atomic mass is 35.5. The van der Waals surface area contributed by atoms with Crippen LogP contribution in [0.15, 0.2) is 12.1 Å². The van der Waals surface area contributed by atoms with Gasteiger partial charge in [0.25, 0.3) is 0 Å². The molecule has 0 saturated heterocycles. The van der Waals surface area contributed by atoms with Gasteiger partial charge in [-0.3, -0.25) is 0 Å². The van der Waals surface area contributed by atoms with Crippen LogP contribution in [0.3, 0.4) is 0 Å². The lowest BCUT2D eigenvalue weighted by molar-refractivity contribution is 1.03. The molecule has 0 aliphatic carbocycles. The second-order valence-corrected chi connectivity index (χ2v) is 5.26. The minimum Gasteiger partial charge on any atom is -0.339 e. The number of hydrazine groups is 1. The first-order chi connectivity index (χ1) is 9.42. The third kappa shape index (κ3) is 2.95. The SMILES string of the molecule is Cc1nc(NN)c(C)c(Nc2cc(Cl)c(C)cc2Cl)n1. The van der Waals surface area contributed by atoms with Crippen molar-refractivity contribution in [1.29, 1.82) is 0 Å². The Morgan fingerprint density at radius 1 is 1.00 bits per heavy atom. The normalized spacial score (nSPS) is 10.5. The highest BCUT2D eigenvalue weighted by Gasteiger charge is 2.11. The molecule has 2 rings (SSSR count). The van der Waals surface area contributed by atoms with Crippen LogP contribution < -0.4 is 16.6 Å². The molecule has 0 aliphatic rings. The van der Waals surface area contributed by atoms with Gasteiger partial charge in [-0.2, -0.15) is 0 Å². The van der Waals surface area contributed by atoms with Crippen LogP contribution >= 0.6 is 23.2 Å². The Hall–Kier alpha value is -1.56. The molecule has 7 heteroatoms. The average Bonchev–Trinajstić information content (AvgIpc) is 2.39. The van der Waals surface area contributed by atoms with Crippen LogP contribution in [-0.2, 0) is 0 Å². The third-order valence-electron chi connectivity index (χ3n) is 2.90. The van der Waals surface area contributed by atoms with E-state index in [0.29, 0.717) is 33.2 Å². The summed E-state index contributed by atoms with van der Waals surface area (Å²) in [4.78, 5) is 8.55. The standard InChI is InChI=1S/C13H15Cl2N5/c1-6-4-10(15)11(5-9(6)14)19-12-7(2)13(20-16)18-8(3)17-12/h4-5H,16H2,1-3H3,(H2,17,18,19,20). The zero-order valence-electron chi connectivity index (χ0n) is 11.4. The molecule has 5 nitrogen and oxygen atoms in total. The number of hydrogen-bond acceptors (Lipinski definition) is 5. The van der Waals surface area contributed by atoms with Gasteiger partial charge in [-0.25, -0.2) is 15.8 Å². The number of aryl methyl sites for hydroxylation is 2. The van der Waals surface area contributed by atoms with Crippen LogP contribution in [0, 0.1) is 20.8 Å². The van der Waals surface area contributed by atoms with E-state index in [4.69, 9.17) is 29.0 Å². The summed E-state index contributed by atoms with van der Waals surface area (Å²) in [6.07, 6.45) is 0. The summed E-state index contributed by atoms with van der Waals surface area (Å²) >= 11 is 12.3. The van der Waals surface area contributed by atoms with Gasteiger partial charge in [-0.05, 0) is 38.5 Å². The minimum absolute atomic E-state index is 0.564. The molecule has 0 aliphatic heterocycles. The van der Waals surface area contributed by atoms with Crippen LogP contribution in [0.2, 0.25) is 10.0 Å². The molecular formula is C13H15Cl2N5. The average molecular weight is 312 g/mol. The van der Waals surface area contributed by atoms with Crippen LogP contribution in [0.5, 0.6) is 0 Å². The number of nitrogen functional groups attached to an aromatic ring is 1. The van der Waals surface area contributed by atoms with E-state index in [1.807, 2.05) is 13.8 Å². The number of anilines is 3. The Bertz CT molecular complexity index is 658. The molecule has 0 spiro atoms. The zero-order valence-corrected chi connectivity index (χ0v) is 12.9. The van der Waals surface area contributed by atoms with Crippen molar-refractivity contribution in [2.45, 2.75) is 20.8 Å². The smallest absolute Gasteiger partial charge is 0.148 e. The summed E-state index contributed by atoms with van der Waals surface area (Å²) in [6.45, 7) is 5.55. The van der Waals surface area contributed by atoms with Gasteiger partial charge >= 0.3 is 0 Å². The monoisotopic (exact) mass is 311 g/mol. The maximum Gasteiger partial charge on any atom is 0.148 e. The molecule has 0 unspecified atom stereocenters. The number of nitrogens with zero attached hydrogens (tertiary/aromatic N) is 2. The maximum absolute atomic E-state index is 6.21. The largest absolute Gasteiger partial charge is 0.339 e. The van der Waals surface area contributed by atoms with Crippen molar-refractivity contribution in [2.24, 2.45) is 5.84 Å². The maximum atomic E-state index is 6.21. The van der Waals surface area contributed by atoms with E-state index in [1.54, 1.807) is 19.1 Å². The lowest BCUT2D eigenvalue weighted by Crippen LogP contribution is -2.13. The lowest BCUT2D eigenvalue weighted by atomic mass is 10.2. The summed E-state index contributed by atoms with van der Waals surface area (Å²) in [6, 6.07) is 3.57. The molecule has 2 aromatic rings. The summed E-state index contributed by atoms with van der Waals surface area (Å²) < 4.78 is 0. The van der Waals surface area contributed by atoms with Crippen molar-refractivity contribution >= 4 is 40.5 Å². The third-order valence-corrected chi connectivity index (χ3v) is 3.62. The molecule has 4 N–H and O–H groups in total. The van der Waals surface area contributed by atoms with E-state index in [0.717, 1.165) is 11.1 Å². The van der Waals surface area contributed by atoms with E-state index >= 15 is 0 Å². The Morgan fingerprint density at radius 3 is 2.30 bits per heavy atom. The highest BCUT2D eigenvalue weighted by Crippen LogP contribution is 2.32. The molecule has 0 bridgehead atoms. The molecule has 20 heavy (non-hydrogen) atoms. The quantitative estimate of drug-likeness (QED) is 0.594. The van der Waals surface area contributed by atoms with Gasteiger partial charge in [0.1, 0.15) is 17.5 Å². The van der Waals surface area contributed by atoms with Crippen LogP contribution in [0.25, 0.3) is 0 Å². The minimum atomic E-state index is 0.564. The van der Waals surface area contributed by atoms with Crippen LogP contribution in [0.4, 0.5) is 17.3 Å². The van der Waals surface area contributed by atoms with Gasteiger partial charge in [0.05, 0.1) is 10.7 Å². The fraction of sp³-hybridized carbons (Fsp3) is 0.231. The second-order valence-electron chi connectivity index (χ2n) is 4.44. The van der Waals surface area contributed by atoms with Crippen molar-refractivity contribution in [1.82, 2.24) is 9.97 Å². The fourth-order valence-electron chi connectivity index (χ4n) is 1.76. The summed E-state index contributed by atoms with van der Waals surface area (Å²) in [7, 11) is 0. The highest BCUT2D eigenvalue weighted by molar-refractivity contribution is 6.35. The molecule has 0 amide bonds. The van der Waals surface area contributed by atoms with E-state index < -0.39 is 0 Å². The number of benzene rings is 1. The topological polar surface area (TPSA) is 75.9 Å². The van der Waals surface area contributed by atoms with Gasteiger partial charge in [-0.15, -0.1) is 0 Å². The second kappa shape index (κ2) is 5.83. The van der Waals surface area contributed by atoms with Crippen molar-refractivity contribution < 1.29 is 0 Å². The van der Waals surface area contributed by atoms with Gasteiger partial charge in [0, 0.05) is 10.6 Å². The molecule has 1 heterocycles. The number of halogens is 2. The van der Waals surface area contributed by atoms with E-state index in [-0.39, 0.29) is 0 Å². The first-order valence-corrected chi connectivity index (χ1v) is 6.72. The van der Waals surface area contributed by atoms with Crippen LogP contribution in [-0.4, -0.2) is 9.97 Å². The summed E-state index contributed by atoms with van der Waals surface area (Å²) in [5.41, 5.74) is 4.95. The molecule has 0 saturated carbocycles.